The summed E-state index contributed by atoms with van der Waals surface area (Å²) in [6.07, 6.45) is 0.623. The highest BCUT2D eigenvalue weighted by atomic mass is 16.5. The van der Waals surface area contributed by atoms with Gasteiger partial charge in [-0.3, -0.25) is 9.59 Å². The van der Waals surface area contributed by atoms with Crippen LogP contribution in [0.25, 0.3) is 0 Å². The highest BCUT2D eigenvalue weighted by Gasteiger charge is 2.23. The lowest BCUT2D eigenvalue weighted by molar-refractivity contribution is -0.150. The van der Waals surface area contributed by atoms with Crippen LogP contribution >= 0.6 is 0 Å². The van der Waals surface area contributed by atoms with E-state index in [-0.39, 0.29) is 24.6 Å². The zero-order valence-electron chi connectivity index (χ0n) is 11.0. The molecule has 1 saturated heterocycles. The molecule has 19 heavy (non-hydrogen) atoms. The first-order valence-electron chi connectivity index (χ1n) is 6.43. The summed E-state index contributed by atoms with van der Waals surface area (Å²) in [5.74, 6) is -0.351. The van der Waals surface area contributed by atoms with E-state index in [2.05, 4.69) is 5.32 Å². The molecule has 1 fully saturated rings. The molecule has 1 aromatic carbocycles. The molecule has 5 heteroatoms. The number of nitrogens with zero attached hydrogens (tertiary/aromatic N) is 1. The molecule has 1 atom stereocenters. The van der Waals surface area contributed by atoms with Gasteiger partial charge in [-0.2, -0.15) is 0 Å². The predicted molar refractivity (Wildman–Crippen MR) is 70.5 cm³/mol. The van der Waals surface area contributed by atoms with Crippen LogP contribution in [0, 0.1) is 0 Å². The van der Waals surface area contributed by atoms with Crippen molar-refractivity contribution in [3.8, 4) is 0 Å². The van der Waals surface area contributed by atoms with E-state index < -0.39 is 0 Å². The smallest absolute Gasteiger partial charge is 0.251 e. The van der Waals surface area contributed by atoms with Crippen LogP contribution in [0.4, 0.5) is 0 Å². The Labute approximate surface area is 112 Å². The fraction of sp³-hybridized carbons (Fsp3) is 0.429. The van der Waals surface area contributed by atoms with Gasteiger partial charge in [0.1, 0.15) is 6.23 Å². The van der Waals surface area contributed by atoms with E-state index in [0.29, 0.717) is 18.7 Å². The minimum Gasteiger partial charge on any atom is -0.359 e. The molecule has 0 bridgehead atoms. The number of amides is 2. The van der Waals surface area contributed by atoms with Gasteiger partial charge in [0.2, 0.25) is 5.91 Å². The van der Waals surface area contributed by atoms with Crippen LogP contribution in [0.3, 0.4) is 0 Å². The minimum absolute atomic E-state index is 0.00142. The van der Waals surface area contributed by atoms with E-state index >= 15 is 0 Å². The summed E-state index contributed by atoms with van der Waals surface area (Å²) in [4.78, 5) is 25.4. The molecule has 1 aliphatic rings. The molecule has 0 radical (unpaired) electrons. The van der Waals surface area contributed by atoms with E-state index in [1.165, 1.54) is 0 Å². The summed E-state index contributed by atoms with van der Waals surface area (Å²) >= 11 is 0. The lowest BCUT2D eigenvalue weighted by Gasteiger charge is -2.33. The van der Waals surface area contributed by atoms with Crippen molar-refractivity contribution in [2.45, 2.75) is 19.6 Å². The lowest BCUT2D eigenvalue weighted by Crippen LogP contribution is -2.48. The number of hydrogen-bond donors (Lipinski definition) is 1. The first-order chi connectivity index (χ1) is 9.18. The molecule has 0 spiro atoms. The molecule has 2 rings (SSSR count). The van der Waals surface area contributed by atoms with E-state index in [0.717, 1.165) is 6.42 Å². The Kier molecular flexibility index (Phi) is 4.52. The Bertz CT molecular complexity index is 447. The molecule has 1 heterocycles. The Balaban J connectivity index is 1.85. The van der Waals surface area contributed by atoms with Gasteiger partial charge in [-0.1, -0.05) is 18.2 Å². The van der Waals surface area contributed by atoms with Crippen molar-refractivity contribution < 1.29 is 14.3 Å². The molecule has 5 nitrogen and oxygen atoms in total. The van der Waals surface area contributed by atoms with Crippen molar-refractivity contribution in [1.82, 2.24) is 10.2 Å². The lowest BCUT2D eigenvalue weighted by atomic mass is 10.2. The molecule has 0 saturated carbocycles. The maximum absolute atomic E-state index is 12.0. The molecule has 1 aromatic rings. The van der Waals surface area contributed by atoms with Gasteiger partial charge in [0.15, 0.2) is 0 Å². The van der Waals surface area contributed by atoms with Gasteiger partial charge >= 0.3 is 0 Å². The Morgan fingerprint density at radius 3 is 2.79 bits per heavy atom. The second-order valence-corrected chi connectivity index (χ2v) is 4.46. The summed E-state index contributed by atoms with van der Waals surface area (Å²) < 4.78 is 5.40. The largest absolute Gasteiger partial charge is 0.359 e. The zero-order chi connectivity index (χ0) is 13.7. The molecule has 1 aliphatic heterocycles. The van der Waals surface area contributed by atoms with Crippen molar-refractivity contribution in [2.75, 3.05) is 19.7 Å². The Hall–Kier alpha value is -1.88. The standard InChI is InChI=1S/C14H18N2O3/c1-11-16(8-5-9-19-11)13(17)10-15-14(18)12-6-3-2-4-7-12/h2-4,6-7,11H,5,8-10H2,1H3,(H,15,18). The Morgan fingerprint density at radius 2 is 2.11 bits per heavy atom. The number of benzene rings is 1. The fourth-order valence-corrected chi connectivity index (χ4v) is 2.04. The molecule has 1 N–H and O–H groups in total. The van der Waals surface area contributed by atoms with Gasteiger partial charge in [-0.05, 0) is 25.5 Å². The van der Waals surface area contributed by atoms with E-state index in [1.807, 2.05) is 13.0 Å². The molecule has 2 amide bonds. The van der Waals surface area contributed by atoms with Crippen LogP contribution in [-0.4, -0.2) is 42.6 Å². The predicted octanol–water partition coefficient (Wildman–Crippen LogP) is 1.01. The molecular formula is C14H18N2O3. The quantitative estimate of drug-likeness (QED) is 0.884. The van der Waals surface area contributed by atoms with Gasteiger partial charge in [0.25, 0.3) is 5.91 Å². The normalized spacial score (nSPS) is 19.0. The SMILES string of the molecule is CC1OCCCN1C(=O)CNC(=O)c1ccccc1. The van der Waals surface area contributed by atoms with Crippen molar-refractivity contribution in [2.24, 2.45) is 0 Å². The first-order valence-corrected chi connectivity index (χ1v) is 6.43. The summed E-state index contributed by atoms with van der Waals surface area (Å²) in [5, 5.41) is 2.63. The average Bonchev–Trinajstić information content (AvgIpc) is 2.46. The monoisotopic (exact) mass is 262 g/mol. The summed E-state index contributed by atoms with van der Waals surface area (Å²) in [6, 6.07) is 8.85. The minimum atomic E-state index is -0.237. The molecule has 0 aliphatic carbocycles. The van der Waals surface area contributed by atoms with Crippen LogP contribution in [0.15, 0.2) is 30.3 Å². The average molecular weight is 262 g/mol. The second kappa shape index (κ2) is 6.33. The van der Waals surface area contributed by atoms with Crippen LogP contribution in [0.1, 0.15) is 23.7 Å². The highest BCUT2D eigenvalue weighted by molar-refractivity contribution is 5.96. The maximum atomic E-state index is 12.0. The van der Waals surface area contributed by atoms with Gasteiger partial charge in [0, 0.05) is 12.1 Å². The number of hydrogen-bond acceptors (Lipinski definition) is 3. The zero-order valence-corrected chi connectivity index (χ0v) is 11.0. The first kappa shape index (κ1) is 13.5. The van der Waals surface area contributed by atoms with Crippen LogP contribution in [-0.2, 0) is 9.53 Å². The third-order valence-electron chi connectivity index (χ3n) is 3.10. The highest BCUT2D eigenvalue weighted by Crippen LogP contribution is 2.09. The molecule has 102 valence electrons. The van der Waals surface area contributed by atoms with E-state index in [1.54, 1.807) is 29.2 Å². The summed E-state index contributed by atoms with van der Waals surface area (Å²) in [5.41, 5.74) is 0.554. The molecule has 0 aromatic heterocycles. The molecular weight excluding hydrogens is 244 g/mol. The third kappa shape index (κ3) is 3.54. The second-order valence-electron chi connectivity index (χ2n) is 4.46. The van der Waals surface area contributed by atoms with Crippen molar-refractivity contribution in [1.29, 1.82) is 0 Å². The fourth-order valence-electron chi connectivity index (χ4n) is 2.04. The topological polar surface area (TPSA) is 58.6 Å². The van der Waals surface area contributed by atoms with Crippen LogP contribution < -0.4 is 5.32 Å². The number of rotatable bonds is 3. The van der Waals surface area contributed by atoms with Gasteiger partial charge in [-0.25, -0.2) is 0 Å². The number of ether oxygens (including phenoxy) is 1. The number of carbonyl (C=O) groups excluding carboxylic acids is 2. The maximum Gasteiger partial charge on any atom is 0.251 e. The number of carbonyl (C=O) groups is 2. The van der Waals surface area contributed by atoms with Crippen molar-refractivity contribution >= 4 is 11.8 Å². The third-order valence-corrected chi connectivity index (χ3v) is 3.10. The van der Waals surface area contributed by atoms with Gasteiger partial charge in [-0.15, -0.1) is 0 Å². The van der Waals surface area contributed by atoms with Gasteiger partial charge < -0.3 is 15.0 Å². The van der Waals surface area contributed by atoms with E-state index in [9.17, 15) is 9.59 Å². The van der Waals surface area contributed by atoms with Crippen LogP contribution in [0.2, 0.25) is 0 Å². The number of nitrogens with one attached hydrogen (secondary N) is 1. The molecule has 1 unspecified atom stereocenters. The van der Waals surface area contributed by atoms with Gasteiger partial charge in [0.05, 0.1) is 13.2 Å². The van der Waals surface area contributed by atoms with E-state index in [4.69, 9.17) is 4.74 Å². The summed E-state index contributed by atoms with van der Waals surface area (Å²) in [7, 11) is 0. The Morgan fingerprint density at radius 1 is 1.37 bits per heavy atom. The van der Waals surface area contributed by atoms with Crippen LogP contribution in [0.5, 0.6) is 0 Å². The van der Waals surface area contributed by atoms with Crippen molar-refractivity contribution in [3.63, 3.8) is 0 Å². The van der Waals surface area contributed by atoms with Crippen molar-refractivity contribution in [3.05, 3.63) is 35.9 Å². The summed E-state index contributed by atoms with van der Waals surface area (Å²) in [6.45, 7) is 3.21.